The van der Waals surface area contributed by atoms with E-state index >= 15 is 0 Å². The van der Waals surface area contributed by atoms with Crippen molar-refractivity contribution < 1.29 is 0 Å². The molecule has 0 aromatic rings. The molecule has 0 spiro atoms. The summed E-state index contributed by atoms with van der Waals surface area (Å²) in [6.45, 7) is 21.1. The zero-order valence-corrected chi connectivity index (χ0v) is 19.8. The van der Waals surface area contributed by atoms with Crippen LogP contribution in [0.5, 0.6) is 0 Å². The Balaban J connectivity index is 3.96. The van der Waals surface area contributed by atoms with E-state index in [4.69, 9.17) is 0 Å². The van der Waals surface area contributed by atoms with Gasteiger partial charge in [-0.25, -0.2) is 0 Å². The average molecular weight is 366 g/mol. The Morgan fingerprint density at radius 1 is 0.577 bits per heavy atom. The molecule has 1 radical (unpaired) electrons. The molecule has 2 unspecified atom stereocenters. The highest BCUT2D eigenvalue weighted by Crippen LogP contribution is 2.41. The summed E-state index contributed by atoms with van der Waals surface area (Å²) in [4.78, 5) is 0. The summed E-state index contributed by atoms with van der Waals surface area (Å²) in [6.07, 6.45) is 19.7. The first-order valence-corrected chi connectivity index (χ1v) is 11.9. The van der Waals surface area contributed by atoms with Gasteiger partial charge in [0.15, 0.2) is 0 Å². The number of hydrogen-bond acceptors (Lipinski definition) is 0. The summed E-state index contributed by atoms with van der Waals surface area (Å²) in [5.74, 6) is 1.59. The van der Waals surface area contributed by atoms with Gasteiger partial charge in [0.05, 0.1) is 0 Å². The van der Waals surface area contributed by atoms with Gasteiger partial charge in [0, 0.05) is 0 Å². The van der Waals surface area contributed by atoms with Gasteiger partial charge in [0.25, 0.3) is 0 Å². The average Bonchev–Trinajstić information content (AvgIpc) is 2.53. The van der Waals surface area contributed by atoms with Crippen LogP contribution in [-0.2, 0) is 0 Å². The number of unbranched alkanes of at least 4 members (excludes halogenated alkanes) is 10. The maximum absolute atomic E-state index is 4.25. The molecule has 26 heavy (non-hydrogen) atoms. The second-order valence-corrected chi connectivity index (χ2v) is 11.0. The standard InChI is InChI=1S/C26H53/c1-9-11-12-13-14-15-16-17-18-19-20-21-24(26(6,7)8)22-23(10-2)25(3,4)5/h23-24H,2,9-22H2,1,3-8H3. The molecule has 0 nitrogen and oxygen atoms in total. The molecular weight excluding hydrogens is 312 g/mol. The van der Waals surface area contributed by atoms with Gasteiger partial charge in [-0.3, -0.25) is 0 Å². The van der Waals surface area contributed by atoms with Crippen molar-refractivity contribution in [2.45, 2.75) is 138 Å². The molecule has 2 atom stereocenters. The van der Waals surface area contributed by atoms with Gasteiger partial charge >= 0.3 is 0 Å². The van der Waals surface area contributed by atoms with Crippen LogP contribution in [0.15, 0.2) is 0 Å². The van der Waals surface area contributed by atoms with Crippen molar-refractivity contribution in [1.29, 1.82) is 0 Å². The lowest BCUT2D eigenvalue weighted by molar-refractivity contribution is 0.125. The Kier molecular flexibility index (Phi) is 14.1. The molecule has 0 rings (SSSR count). The van der Waals surface area contributed by atoms with E-state index in [2.05, 4.69) is 55.4 Å². The van der Waals surface area contributed by atoms with Crippen LogP contribution in [0, 0.1) is 29.6 Å². The molecule has 0 amide bonds. The third-order valence-corrected chi connectivity index (χ3v) is 6.52. The first-order valence-electron chi connectivity index (χ1n) is 11.9. The van der Waals surface area contributed by atoms with Gasteiger partial charge in [-0.15, -0.1) is 0 Å². The molecule has 157 valence electrons. The van der Waals surface area contributed by atoms with E-state index in [1.165, 1.54) is 83.5 Å². The maximum Gasteiger partial charge on any atom is -0.0354 e. The molecule has 0 aliphatic heterocycles. The fourth-order valence-corrected chi connectivity index (χ4v) is 4.21. The molecule has 0 aliphatic rings. The van der Waals surface area contributed by atoms with Crippen LogP contribution < -0.4 is 0 Å². The van der Waals surface area contributed by atoms with Gasteiger partial charge in [-0.1, -0.05) is 126 Å². The topological polar surface area (TPSA) is 0 Å². The zero-order valence-electron chi connectivity index (χ0n) is 19.8. The van der Waals surface area contributed by atoms with Crippen molar-refractivity contribution >= 4 is 0 Å². The zero-order chi connectivity index (χ0) is 20.1. The van der Waals surface area contributed by atoms with E-state index in [1.54, 1.807) is 0 Å². The van der Waals surface area contributed by atoms with Crippen LogP contribution in [0.2, 0.25) is 0 Å². The molecule has 0 aliphatic carbocycles. The Morgan fingerprint density at radius 3 is 1.31 bits per heavy atom. The summed E-state index contributed by atoms with van der Waals surface area (Å²) in [7, 11) is 0. The highest BCUT2D eigenvalue weighted by Gasteiger charge is 2.31. The third-order valence-electron chi connectivity index (χ3n) is 6.52. The Labute approximate surface area is 168 Å². The summed E-state index contributed by atoms with van der Waals surface area (Å²) >= 11 is 0. The van der Waals surface area contributed by atoms with E-state index in [-0.39, 0.29) is 0 Å². The van der Waals surface area contributed by atoms with Crippen LogP contribution in [0.3, 0.4) is 0 Å². The summed E-state index contributed by atoms with van der Waals surface area (Å²) in [6, 6.07) is 0. The predicted molar refractivity (Wildman–Crippen MR) is 122 cm³/mol. The van der Waals surface area contributed by atoms with E-state index in [0.717, 1.165) is 18.3 Å². The molecule has 0 fully saturated rings. The minimum absolute atomic E-state index is 0.391. The lowest BCUT2D eigenvalue weighted by atomic mass is 9.67. The first-order chi connectivity index (χ1) is 12.1. The molecule has 0 heterocycles. The summed E-state index contributed by atoms with van der Waals surface area (Å²) in [5.41, 5.74) is 0.819. The molecule has 0 saturated carbocycles. The van der Waals surface area contributed by atoms with Crippen LogP contribution in [0.1, 0.15) is 138 Å². The van der Waals surface area contributed by atoms with E-state index in [9.17, 15) is 0 Å². The van der Waals surface area contributed by atoms with Crippen molar-refractivity contribution in [3.05, 3.63) is 6.92 Å². The van der Waals surface area contributed by atoms with Crippen molar-refractivity contribution in [2.75, 3.05) is 0 Å². The maximum atomic E-state index is 4.25. The van der Waals surface area contributed by atoms with Crippen LogP contribution >= 0.6 is 0 Å². The van der Waals surface area contributed by atoms with Crippen LogP contribution in [0.4, 0.5) is 0 Å². The largest absolute Gasteiger partial charge is 0.0654 e. The van der Waals surface area contributed by atoms with Crippen molar-refractivity contribution in [3.63, 3.8) is 0 Å². The minimum Gasteiger partial charge on any atom is -0.0654 e. The van der Waals surface area contributed by atoms with Gasteiger partial charge in [0.2, 0.25) is 0 Å². The molecule has 0 bridgehead atoms. The highest BCUT2D eigenvalue weighted by molar-refractivity contribution is 4.82. The van der Waals surface area contributed by atoms with Crippen molar-refractivity contribution in [2.24, 2.45) is 22.7 Å². The minimum atomic E-state index is 0.391. The van der Waals surface area contributed by atoms with E-state index < -0.39 is 0 Å². The SMILES string of the molecule is [CH2]CC(CC(CCCCCCCCCCCCC)C(C)(C)C)C(C)(C)C. The van der Waals surface area contributed by atoms with Gasteiger partial charge < -0.3 is 0 Å². The van der Waals surface area contributed by atoms with Crippen LogP contribution in [-0.4, -0.2) is 0 Å². The molecular formula is C26H53. The molecule has 0 heteroatoms. The first kappa shape index (κ1) is 26.0. The van der Waals surface area contributed by atoms with Gasteiger partial charge in [0.1, 0.15) is 0 Å². The van der Waals surface area contributed by atoms with E-state index in [1.807, 2.05) is 0 Å². The van der Waals surface area contributed by atoms with Gasteiger partial charge in [-0.2, -0.15) is 0 Å². The third kappa shape index (κ3) is 13.2. The highest BCUT2D eigenvalue weighted by atomic mass is 14.4. The van der Waals surface area contributed by atoms with Crippen molar-refractivity contribution in [1.82, 2.24) is 0 Å². The monoisotopic (exact) mass is 365 g/mol. The van der Waals surface area contributed by atoms with Gasteiger partial charge in [-0.05, 0) is 41.9 Å². The quantitative estimate of drug-likeness (QED) is 0.253. The summed E-state index contributed by atoms with van der Waals surface area (Å²) in [5, 5.41) is 0. The lowest BCUT2D eigenvalue weighted by Gasteiger charge is -2.38. The van der Waals surface area contributed by atoms with Crippen LogP contribution in [0.25, 0.3) is 0 Å². The van der Waals surface area contributed by atoms with E-state index in [0.29, 0.717) is 10.8 Å². The molecule has 0 N–H and O–H groups in total. The normalized spacial score (nSPS) is 15.2. The summed E-state index contributed by atoms with van der Waals surface area (Å²) < 4.78 is 0. The fraction of sp³-hybridized carbons (Fsp3) is 0.962. The second kappa shape index (κ2) is 14.1. The fourth-order valence-electron chi connectivity index (χ4n) is 4.21. The Morgan fingerprint density at radius 2 is 0.962 bits per heavy atom. The molecule has 0 aromatic carbocycles. The van der Waals surface area contributed by atoms with Crippen molar-refractivity contribution in [3.8, 4) is 0 Å². The Hall–Kier alpha value is 0. The smallest absolute Gasteiger partial charge is 0.0354 e. The molecule has 0 aromatic heterocycles. The predicted octanol–water partition coefficient (Wildman–Crippen LogP) is 9.63. The number of rotatable bonds is 15. The number of hydrogen-bond donors (Lipinski definition) is 0. The molecule has 0 saturated heterocycles. The Bertz CT molecular complexity index is 301. The second-order valence-electron chi connectivity index (χ2n) is 11.0. The lowest BCUT2D eigenvalue weighted by Crippen LogP contribution is -2.28.